The van der Waals surface area contributed by atoms with E-state index in [1.165, 1.54) is 11.3 Å². The molecule has 0 radical (unpaired) electrons. The number of ether oxygens (including phenoxy) is 1. The summed E-state index contributed by atoms with van der Waals surface area (Å²) in [6.07, 6.45) is 1.08. The molecule has 0 N–H and O–H groups in total. The molecule has 3 heteroatoms. The second-order valence-corrected chi connectivity index (χ2v) is 6.18. The second kappa shape index (κ2) is 8.02. The van der Waals surface area contributed by atoms with E-state index in [1.54, 1.807) is 0 Å². The lowest BCUT2D eigenvalue weighted by molar-refractivity contribution is 0.224. The van der Waals surface area contributed by atoms with Gasteiger partial charge in [0.05, 0.1) is 6.61 Å². The fourth-order valence-electron chi connectivity index (χ4n) is 3.05. The molecule has 122 valence electrons. The van der Waals surface area contributed by atoms with Gasteiger partial charge in [0.25, 0.3) is 0 Å². The molecule has 1 aliphatic rings. The van der Waals surface area contributed by atoms with E-state index in [-0.39, 0.29) is 0 Å². The summed E-state index contributed by atoms with van der Waals surface area (Å²) in [5.41, 5.74) is 2.59. The van der Waals surface area contributed by atoms with Crippen molar-refractivity contribution >= 4 is 5.69 Å². The SMILES string of the molecule is Cc1cccc(OCCCN2CCN(c3ccccc3)CC2)c1. The number of anilines is 1. The molecule has 0 spiro atoms. The van der Waals surface area contributed by atoms with E-state index < -0.39 is 0 Å². The Morgan fingerprint density at radius 1 is 0.913 bits per heavy atom. The van der Waals surface area contributed by atoms with Crippen LogP contribution < -0.4 is 9.64 Å². The number of rotatable bonds is 6. The van der Waals surface area contributed by atoms with Crippen LogP contribution in [0, 0.1) is 6.92 Å². The van der Waals surface area contributed by atoms with E-state index in [9.17, 15) is 0 Å². The number of para-hydroxylation sites is 1. The lowest BCUT2D eigenvalue weighted by Crippen LogP contribution is -2.46. The summed E-state index contributed by atoms with van der Waals surface area (Å²) >= 11 is 0. The first-order valence-electron chi connectivity index (χ1n) is 8.53. The van der Waals surface area contributed by atoms with Gasteiger partial charge in [0.1, 0.15) is 5.75 Å². The van der Waals surface area contributed by atoms with E-state index in [0.29, 0.717) is 0 Å². The normalized spacial score (nSPS) is 15.6. The highest BCUT2D eigenvalue weighted by atomic mass is 16.5. The number of aryl methyl sites for hydroxylation is 1. The van der Waals surface area contributed by atoms with Crippen molar-refractivity contribution in [2.24, 2.45) is 0 Å². The zero-order valence-electron chi connectivity index (χ0n) is 13.9. The van der Waals surface area contributed by atoms with Crippen molar-refractivity contribution in [1.82, 2.24) is 4.90 Å². The van der Waals surface area contributed by atoms with E-state index in [4.69, 9.17) is 4.74 Å². The van der Waals surface area contributed by atoms with Gasteiger partial charge in [-0.25, -0.2) is 0 Å². The smallest absolute Gasteiger partial charge is 0.119 e. The van der Waals surface area contributed by atoms with Gasteiger partial charge in [0, 0.05) is 38.4 Å². The van der Waals surface area contributed by atoms with Crippen molar-refractivity contribution in [3.63, 3.8) is 0 Å². The third-order valence-electron chi connectivity index (χ3n) is 4.37. The van der Waals surface area contributed by atoms with Crippen LogP contribution in [-0.4, -0.2) is 44.2 Å². The maximum absolute atomic E-state index is 5.83. The molecule has 1 aliphatic heterocycles. The predicted octanol–water partition coefficient (Wildman–Crippen LogP) is 3.59. The van der Waals surface area contributed by atoms with Gasteiger partial charge in [-0.3, -0.25) is 4.90 Å². The Balaban J connectivity index is 1.35. The number of hydrogen-bond donors (Lipinski definition) is 0. The highest BCUT2D eigenvalue weighted by molar-refractivity contribution is 5.46. The van der Waals surface area contributed by atoms with Crippen molar-refractivity contribution in [3.05, 3.63) is 60.2 Å². The first kappa shape index (κ1) is 15.9. The first-order chi connectivity index (χ1) is 11.3. The molecule has 2 aromatic carbocycles. The molecule has 0 aliphatic carbocycles. The molecule has 0 amide bonds. The molecular weight excluding hydrogens is 284 g/mol. The van der Waals surface area contributed by atoms with Crippen LogP contribution in [-0.2, 0) is 0 Å². The monoisotopic (exact) mass is 310 g/mol. The second-order valence-electron chi connectivity index (χ2n) is 6.18. The summed E-state index contributed by atoms with van der Waals surface area (Å²) in [6.45, 7) is 8.51. The van der Waals surface area contributed by atoms with Crippen LogP contribution in [0.5, 0.6) is 5.75 Å². The van der Waals surface area contributed by atoms with E-state index >= 15 is 0 Å². The van der Waals surface area contributed by atoms with Crippen LogP contribution in [0.4, 0.5) is 5.69 Å². The van der Waals surface area contributed by atoms with Gasteiger partial charge < -0.3 is 9.64 Å². The Labute approximate surface area is 139 Å². The van der Waals surface area contributed by atoms with Gasteiger partial charge in [-0.05, 0) is 43.2 Å². The number of hydrogen-bond acceptors (Lipinski definition) is 3. The van der Waals surface area contributed by atoms with Crippen molar-refractivity contribution in [1.29, 1.82) is 0 Å². The fourth-order valence-corrected chi connectivity index (χ4v) is 3.05. The molecule has 1 saturated heterocycles. The standard InChI is InChI=1S/C20H26N2O/c1-18-7-5-10-20(17-18)23-16-6-11-21-12-14-22(15-13-21)19-8-3-2-4-9-19/h2-5,7-10,17H,6,11-16H2,1H3. The maximum atomic E-state index is 5.83. The van der Waals surface area contributed by atoms with Crippen LogP contribution in [0.25, 0.3) is 0 Å². The van der Waals surface area contributed by atoms with Crippen molar-refractivity contribution in [3.8, 4) is 5.75 Å². The largest absolute Gasteiger partial charge is 0.494 e. The van der Waals surface area contributed by atoms with Crippen LogP contribution in [0.1, 0.15) is 12.0 Å². The molecule has 0 saturated carbocycles. The van der Waals surface area contributed by atoms with Gasteiger partial charge in [-0.1, -0.05) is 30.3 Å². The zero-order valence-corrected chi connectivity index (χ0v) is 13.9. The average Bonchev–Trinajstić information content (AvgIpc) is 2.60. The Kier molecular flexibility index (Phi) is 5.54. The Hall–Kier alpha value is -2.00. The minimum Gasteiger partial charge on any atom is -0.494 e. The Morgan fingerprint density at radius 2 is 1.70 bits per heavy atom. The molecule has 0 unspecified atom stereocenters. The highest BCUT2D eigenvalue weighted by Crippen LogP contribution is 2.16. The van der Waals surface area contributed by atoms with Crippen molar-refractivity contribution < 1.29 is 4.74 Å². The van der Waals surface area contributed by atoms with Gasteiger partial charge >= 0.3 is 0 Å². The van der Waals surface area contributed by atoms with Crippen LogP contribution in [0.2, 0.25) is 0 Å². The Morgan fingerprint density at radius 3 is 2.43 bits per heavy atom. The average molecular weight is 310 g/mol. The van der Waals surface area contributed by atoms with Crippen molar-refractivity contribution in [2.45, 2.75) is 13.3 Å². The number of benzene rings is 2. The topological polar surface area (TPSA) is 15.7 Å². The molecule has 1 heterocycles. The van der Waals surface area contributed by atoms with E-state index in [2.05, 4.69) is 59.2 Å². The lowest BCUT2D eigenvalue weighted by Gasteiger charge is -2.36. The van der Waals surface area contributed by atoms with Crippen molar-refractivity contribution in [2.75, 3.05) is 44.2 Å². The molecule has 0 atom stereocenters. The minimum atomic E-state index is 0.794. The minimum absolute atomic E-state index is 0.794. The van der Waals surface area contributed by atoms with Crippen LogP contribution in [0.15, 0.2) is 54.6 Å². The fraction of sp³-hybridized carbons (Fsp3) is 0.400. The van der Waals surface area contributed by atoms with Crippen LogP contribution >= 0.6 is 0 Å². The molecule has 2 aromatic rings. The molecule has 23 heavy (non-hydrogen) atoms. The molecule has 3 nitrogen and oxygen atoms in total. The van der Waals surface area contributed by atoms with Gasteiger partial charge in [-0.15, -0.1) is 0 Å². The van der Waals surface area contributed by atoms with E-state index in [1.807, 2.05) is 12.1 Å². The third kappa shape index (κ3) is 4.73. The molecule has 1 fully saturated rings. The summed E-state index contributed by atoms with van der Waals surface area (Å²) in [5.74, 6) is 0.985. The summed E-state index contributed by atoms with van der Waals surface area (Å²) in [6, 6.07) is 19.0. The van der Waals surface area contributed by atoms with Gasteiger partial charge in [0.15, 0.2) is 0 Å². The molecular formula is C20H26N2O. The quantitative estimate of drug-likeness (QED) is 0.758. The summed E-state index contributed by atoms with van der Waals surface area (Å²) in [4.78, 5) is 5.01. The summed E-state index contributed by atoms with van der Waals surface area (Å²) < 4.78 is 5.83. The summed E-state index contributed by atoms with van der Waals surface area (Å²) in [7, 11) is 0. The predicted molar refractivity (Wildman–Crippen MR) is 96.4 cm³/mol. The number of nitrogens with zero attached hydrogens (tertiary/aromatic N) is 2. The first-order valence-corrected chi connectivity index (χ1v) is 8.53. The van der Waals surface area contributed by atoms with E-state index in [0.717, 1.165) is 51.5 Å². The van der Waals surface area contributed by atoms with Gasteiger partial charge in [-0.2, -0.15) is 0 Å². The molecule has 3 rings (SSSR count). The zero-order chi connectivity index (χ0) is 15.9. The van der Waals surface area contributed by atoms with Gasteiger partial charge in [0.2, 0.25) is 0 Å². The molecule has 0 aromatic heterocycles. The highest BCUT2D eigenvalue weighted by Gasteiger charge is 2.16. The Bertz CT molecular complexity index is 592. The lowest BCUT2D eigenvalue weighted by atomic mass is 10.2. The van der Waals surface area contributed by atoms with Crippen LogP contribution in [0.3, 0.4) is 0 Å². The maximum Gasteiger partial charge on any atom is 0.119 e. The number of piperazine rings is 1. The third-order valence-corrected chi connectivity index (χ3v) is 4.37. The summed E-state index contributed by atoms with van der Waals surface area (Å²) in [5, 5.41) is 0. The molecule has 0 bridgehead atoms.